The third kappa shape index (κ3) is 7.90. The van der Waals surface area contributed by atoms with Gasteiger partial charge in [0.1, 0.15) is 0 Å². The summed E-state index contributed by atoms with van der Waals surface area (Å²) in [5, 5.41) is 0. The normalized spacial score (nSPS) is 15.0. The van der Waals surface area contributed by atoms with Crippen molar-refractivity contribution in [2.75, 3.05) is 0 Å². The second-order valence-corrected chi connectivity index (χ2v) is 4.85. The predicted molar refractivity (Wildman–Crippen MR) is 52.4 cm³/mol. The molecule has 0 rings (SSSR count). The fraction of sp³-hybridized carbons (Fsp3) is 0.909. The Hall–Kier alpha value is 0. The van der Waals surface area contributed by atoms with Crippen molar-refractivity contribution in [1.29, 1.82) is 0 Å². The van der Waals surface area contributed by atoms with Crippen LogP contribution < -0.4 is 0 Å². The monoisotopic (exact) mass is 155 g/mol. The Morgan fingerprint density at radius 2 is 1.82 bits per heavy atom. The van der Waals surface area contributed by atoms with E-state index in [9.17, 15) is 0 Å². The van der Waals surface area contributed by atoms with Gasteiger partial charge in [0.25, 0.3) is 0 Å². The molecule has 0 aromatic carbocycles. The van der Waals surface area contributed by atoms with E-state index in [1.165, 1.54) is 19.3 Å². The van der Waals surface area contributed by atoms with E-state index in [0.717, 1.165) is 12.3 Å². The molecule has 1 atom stereocenters. The highest BCUT2D eigenvalue weighted by atomic mass is 14.2. The molecule has 0 heterocycles. The smallest absolute Gasteiger partial charge is 0.0383 e. The molecule has 0 saturated carbocycles. The van der Waals surface area contributed by atoms with Crippen LogP contribution in [0.3, 0.4) is 0 Å². The fourth-order valence-corrected chi connectivity index (χ4v) is 1.13. The summed E-state index contributed by atoms with van der Waals surface area (Å²) in [6.07, 6.45) is 5.14. The second-order valence-electron chi connectivity index (χ2n) is 4.85. The largest absolute Gasteiger partial charge is 0.0625 e. The van der Waals surface area contributed by atoms with Crippen LogP contribution in [0.2, 0.25) is 0 Å². The van der Waals surface area contributed by atoms with E-state index in [0.29, 0.717) is 5.41 Å². The van der Waals surface area contributed by atoms with E-state index in [-0.39, 0.29) is 0 Å². The van der Waals surface area contributed by atoms with Crippen molar-refractivity contribution in [3.05, 3.63) is 6.92 Å². The van der Waals surface area contributed by atoms with Crippen LogP contribution in [0.1, 0.15) is 53.4 Å². The van der Waals surface area contributed by atoms with Gasteiger partial charge in [0.15, 0.2) is 0 Å². The molecule has 11 heavy (non-hydrogen) atoms. The summed E-state index contributed by atoms with van der Waals surface area (Å²) < 4.78 is 0. The Bertz CT molecular complexity index is 86.7. The summed E-state index contributed by atoms with van der Waals surface area (Å²) in [5.41, 5.74) is 0.515. The van der Waals surface area contributed by atoms with Crippen LogP contribution in [0.4, 0.5) is 0 Å². The molecule has 0 aliphatic heterocycles. The summed E-state index contributed by atoms with van der Waals surface area (Å²) in [7, 11) is 0. The summed E-state index contributed by atoms with van der Waals surface area (Å²) in [6, 6.07) is 0. The van der Waals surface area contributed by atoms with Gasteiger partial charge in [0, 0.05) is 0 Å². The van der Waals surface area contributed by atoms with Crippen molar-refractivity contribution in [2.45, 2.75) is 53.4 Å². The van der Waals surface area contributed by atoms with Crippen LogP contribution in [0.15, 0.2) is 0 Å². The maximum Gasteiger partial charge on any atom is -0.0383 e. The summed E-state index contributed by atoms with van der Waals surface area (Å²) >= 11 is 0. The van der Waals surface area contributed by atoms with Crippen LogP contribution in [-0.4, -0.2) is 0 Å². The van der Waals surface area contributed by atoms with E-state index in [1.807, 2.05) is 0 Å². The molecule has 0 saturated heterocycles. The molecule has 67 valence electrons. The molecule has 1 radical (unpaired) electrons. The standard InChI is InChI=1S/C11H23/c1-6-10(2)8-7-9-11(3,4)5/h10H,1,6-9H2,2-5H3. The topological polar surface area (TPSA) is 0 Å². The maximum atomic E-state index is 3.90. The number of hydrogen-bond acceptors (Lipinski definition) is 0. The van der Waals surface area contributed by atoms with Gasteiger partial charge in [0.05, 0.1) is 0 Å². The Balaban J connectivity index is 3.28. The lowest BCUT2D eigenvalue weighted by molar-refractivity contribution is 0.343. The predicted octanol–water partition coefficient (Wildman–Crippen LogP) is 4.06. The van der Waals surface area contributed by atoms with Gasteiger partial charge in [-0.3, -0.25) is 0 Å². The van der Waals surface area contributed by atoms with Crippen molar-refractivity contribution in [3.8, 4) is 0 Å². The SMILES string of the molecule is [CH2]CC(C)CCCC(C)(C)C. The molecule has 0 amide bonds. The third-order valence-corrected chi connectivity index (χ3v) is 2.12. The number of rotatable bonds is 4. The van der Waals surface area contributed by atoms with Gasteiger partial charge in [0.2, 0.25) is 0 Å². The van der Waals surface area contributed by atoms with E-state index in [1.54, 1.807) is 0 Å². The Kier molecular flexibility index (Phi) is 4.79. The highest BCUT2D eigenvalue weighted by molar-refractivity contribution is 4.63. The maximum absolute atomic E-state index is 3.90. The van der Waals surface area contributed by atoms with Gasteiger partial charge in [-0.25, -0.2) is 0 Å². The van der Waals surface area contributed by atoms with Crippen molar-refractivity contribution in [1.82, 2.24) is 0 Å². The van der Waals surface area contributed by atoms with Crippen molar-refractivity contribution >= 4 is 0 Å². The van der Waals surface area contributed by atoms with Gasteiger partial charge < -0.3 is 0 Å². The fourth-order valence-electron chi connectivity index (χ4n) is 1.13. The van der Waals surface area contributed by atoms with Gasteiger partial charge in [-0.05, 0) is 17.8 Å². The summed E-state index contributed by atoms with van der Waals surface area (Å²) in [4.78, 5) is 0. The first-order valence-electron chi connectivity index (χ1n) is 4.75. The minimum absolute atomic E-state index is 0.515. The lowest BCUT2D eigenvalue weighted by Gasteiger charge is -2.18. The first kappa shape index (κ1) is 11.0. The zero-order valence-electron chi connectivity index (χ0n) is 8.61. The molecule has 0 nitrogen and oxygen atoms in total. The average molecular weight is 155 g/mol. The van der Waals surface area contributed by atoms with Crippen LogP contribution in [0.25, 0.3) is 0 Å². The number of hydrogen-bond donors (Lipinski definition) is 0. The van der Waals surface area contributed by atoms with Gasteiger partial charge in [-0.2, -0.15) is 0 Å². The van der Waals surface area contributed by atoms with Gasteiger partial charge in [-0.1, -0.05) is 53.9 Å². The lowest BCUT2D eigenvalue weighted by Crippen LogP contribution is -2.05. The van der Waals surface area contributed by atoms with E-state index < -0.39 is 0 Å². The molecule has 0 aromatic rings. The molecule has 0 aliphatic carbocycles. The molecular weight excluding hydrogens is 132 g/mol. The minimum Gasteiger partial charge on any atom is -0.0625 e. The zero-order chi connectivity index (χ0) is 8.91. The highest BCUT2D eigenvalue weighted by Gasteiger charge is 2.09. The Morgan fingerprint density at radius 1 is 1.27 bits per heavy atom. The van der Waals surface area contributed by atoms with Crippen molar-refractivity contribution in [2.24, 2.45) is 11.3 Å². The van der Waals surface area contributed by atoms with Crippen molar-refractivity contribution in [3.63, 3.8) is 0 Å². The highest BCUT2D eigenvalue weighted by Crippen LogP contribution is 2.23. The molecule has 0 spiro atoms. The van der Waals surface area contributed by atoms with E-state index in [4.69, 9.17) is 0 Å². The Morgan fingerprint density at radius 3 is 2.18 bits per heavy atom. The molecule has 0 aliphatic rings. The van der Waals surface area contributed by atoms with Crippen molar-refractivity contribution < 1.29 is 0 Å². The molecular formula is C11H23. The van der Waals surface area contributed by atoms with E-state index in [2.05, 4.69) is 34.6 Å². The average Bonchev–Trinajstić information content (AvgIpc) is 1.85. The molecule has 0 heteroatoms. The first-order chi connectivity index (χ1) is 4.95. The molecule has 0 bridgehead atoms. The van der Waals surface area contributed by atoms with Crippen LogP contribution in [0.5, 0.6) is 0 Å². The van der Waals surface area contributed by atoms with Gasteiger partial charge in [-0.15, -0.1) is 0 Å². The second kappa shape index (κ2) is 4.79. The van der Waals surface area contributed by atoms with Crippen LogP contribution in [-0.2, 0) is 0 Å². The van der Waals surface area contributed by atoms with Crippen LogP contribution in [0, 0.1) is 18.3 Å². The Labute approximate surface area is 72.4 Å². The minimum atomic E-state index is 0.515. The molecule has 1 unspecified atom stereocenters. The molecule has 0 N–H and O–H groups in total. The van der Waals surface area contributed by atoms with Gasteiger partial charge >= 0.3 is 0 Å². The zero-order valence-corrected chi connectivity index (χ0v) is 8.61. The third-order valence-electron chi connectivity index (χ3n) is 2.12. The lowest BCUT2D eigenvalue weighted by atomic mass is 9.88. The first-order valence-corrected chi connectivity index (χ1v) is 4.75. The summed E-state index contributed by atoms with van der Waals surface area (Å²) in [6.45, 7) is 13.1. The van der Waals surface area contributed by atoms with E-state index >= 15 is 0 Å². The van der Waals surface area contributed by atoms with Crippen LogP contribution >= 0.6 is 0 Å². The molecule has 0 fully saturated rings. The molecule has 0 aromatic heterocycles. The summed E-state index contributed by atoms with van der Waals surface area (Å²) in [5.74, 6) is 0.817. The quantitative estimate of drug-likeness (QED) is 0.574.